The number of hydrogen-bond acceptors (Lipinski definition) is 1. The lowest BCUT2D eigenvalue weighted by molar-refractivity contribution is 0.628. The van der Waals surface area contributed by atoms with Crippen LogP contribution in [0.4, 0.5) is 4.39 Å². The van der Waals surface area contributed by atoms with Crippen molar-refractivity contribution in [1.29, 1.82) is 0 Å². The summed E-state index contributed by atoms with van der Waals surface area (Å²) in [4.78, 5) is 5.04. The molecule has 0 amide bonds. The molecule has 0 aliphatic heterocycles. The van der Waals surface area contributed by atoms with Gasteiger partial charge in [0.1, 0.15) is 5.82 Å². The number of para-hydroxylation sites is 1. The van der Waals surface area contributed by atoms with Crippen LogP contribution in [0, 0.1) is 5.82 Å². The van der Waals surface area contributed by atoms with Crippen molar-refractivity contribution in [2.45, 2.75) is 18.8 Å². The molecule has 2 heteroatoms. The van der Waals surface area contributed by atoms with Gasteiger partial charge in [-0.15, -0.1) is 0 Å². The van der Waals surface area contributed by atoms with Crippen molar-refractivity contribution in [3.8, 4) is 22.3 Å². The van der Waals surface area contributed by atoms with Gasteiger partial charge in [0.25, 0.3) is 0 Å². The van der Waals surface area contributed by atoms with Gasteiger partial charge in [-0.05, 0) is 42.2 Å². The normalized spacial score (nSPS) is 13.9. The molecular weight excluding hydrogens is 321 g/mol. The Balaban J connectivity index is 1.91. The molecular formula is C24H18FN. The quantitative estimate of drug-likeness (QED) is 0.410. The minimum absolute atomic E-state index is 0.212. The molecule has 0 atom stereocenters. The lowest BCUT2D eigenvalue weighted by Crippen LogP contribution is -1.98. The Hall–Kier alpha value is -3.00. The van der Waals surface area contributed by atoms with Crippen molar-refractivity contribution in [3.05, 3.63) is 90.4 Å². The summed E-state index contributed by atoms with van der Waals surface area (Å²) in [5, 5.41) is 1.11. The molecule has 1 nitrogen and oxygen atoms in total. The molecule has 5 rings (SSSR count). The zero-order valence-corrected chi connectivity index (χ0v) is 14.3. The summed E-state index contributed by atoms with van der Waals surface area (Å²) in [7, 11) is 0. The highest BCUT2D eigenvalue weighted by Gasteiger charge is 2.30. The number of rotatable bonds is 3. The van der Waals surface area contributed by atoms with E-state index in [2.05, 4.69) is 36.4 Å². The Morgan fingerprint density at radius 1 is 0.692 bits per heavy atom. The second-order valence-electron chi connectivity index (χ2n) is 6.91. The van der Waals surface area contributed by atoms with Crippen LogP contribution in [-0.2, 0) is 0 Å². The lowest BCUT2D eigenvalue weighted by Gasteiger charge is -2.18. The van der Waals surface area contributed by atoms with Gasteiger partial charge in [-0.25, -0.2) is 4.39 Å². The summed E-state index contributed by atoms with van der Waals surface area (Å²) >= 11 is 0. The number of halogens is 1. The Labute approximate surface area is 152 Å². The molecule has 4 aromatic rings. The molecule has 1 aliphatic rings. The number of hydrogen-bond donors (Lipinski definition) is 0. The first-order valence-corrected chi connectivity index (χ1v) is 9.05. The maximum Gasteiger partial charge on any atom is 0.123 e. The van der Waals surface area contributed by atoms with Crippen molar-refractivity contribution in [2.75, 3.05) is 0 Å². The number of pyridine rings is 1. The van der Waals surface area contributed by atoms with Crippen LogP contribution >= 0.6 is 0 Å². The molecule has 0 saturated heterocycles. The van der Waals surface area contributed by atoms with E-state index < -0.39 is 0 Å². The molecule has 0 spiro atoms. The molecule has 0 N–H and O–H groups in total. The summed E-state index contributed by atoms with van der Waals surface area (Å²) in [6.45, 7) is 0. The zero-order chi connectivity index (χ0) is 17.5. The molecule has 0 unspecified atom stereocenters. The van der Waals surface area contributed by atoms with E-state index in [1.54, 1.807) is 0 Å². The molecule has 1 heterocycles. The second kappa shape index (κ2) is 6.06. The van der Waals surface area contributed by atoms with Crippen molar-refractivity contribution < 1.29 is 4.39 Å². The third kappa shape index (κ3) is 2.59. The number of aromatic nitrogens is 1. The smallest absolute Gasteiger partial charge is 0.123 e. The van der Waals surface area contributed by atoms with E-state index in [-0.39, 0.29) is 5.82 Å². The largest absolute Gasteiger partial charge is 0.252 e. The van der Waals surface area contributed by atoms with Crippen LogP contribution in [0.25, 0.3) is 33.2 Å². The van der Waals surface area contributed by atoms with Gasteiger partial charge >= 0.3 is 0 Å². The molecule has 26 heavy (non-hydrogen) atoms. The van der Waals surface area contributed by atoms with E-state index in [9.17, 15) is 4.39 Å². The van der Waals surface area contributed by atoms with Gasteiger partial charge in [0.05, 0.1) is 11.2 Å². The predicted octanol–water partition coefficient (Wildman–Crippen LogP) is 6.59. The Bertz CT molecular complexity index is 1080. The van der Waals surface area contributed by atoms with Crippen molar-refractivity contribution in [1.82, 2.24) is 4.98 Å². The van der Waals surface area contributed by atoms with E-state index in [0.717, 1.165) is 22.0 Å². The van der Waals surface area contributed by atoms with Gasteiger partial charge in [-0.3, -0.25) is 4.98 Å². The second-order valence-corrected chi connectivity index (χ2v) is 6.91. The zero-order valence-electron chi connectivity index (χ0n) is 14.3. The minimum atomic E-state index is -0.212. The monoisotopic (exact) mass is 339 g/mol. The third-order valence-corrected chi connectivity index (χ3v) is 5.08. The van der Waals surface area contributed by atoms with Gasteiger partial charge in [-0.2, -0.15) is 0 Å². The highest BCUT2D eigenvalue weighted by molar-refractivity contribution is 6.03. The third-order valence-electron chi connectivity index (χ3n) is 5.08. The van der Waals surface area contributed by atoms with E-state index >= 15 is 0 Å². The summed E-state index contributed by atoms with van der Waals surface area (Å²) < 4.78 is 13.5. The van der Waals surface area contributed by atoms with Crippen LogP contribution in [0.2, 0.25) is 0 Å². The number of benzene rings is 3. The Morgan fingerprint density at radius 3 is 2.08 bits per heavy atom. The summed E-state index contributed by atoms with van der Waals surface area (Å²) in [6.07, 6.45) is 2.38. The van der Waals surface area contributed by atoms with Gasteiger partial charge in [0, 0.05) is 22.4 Å². The van der Waals surface area contributed by atoms with Crippen LogP contribution in [0.3, 0.4) is 0 Å². The fourth-order valence-corrected chi connectivity index (χ4v) is 3.70. The molecule has 0 bridgehead atoms. The topological polar surface area (TPSA) is 12.9 Å². The van der Waals surface area contributed by atoms with Gasteiger partial charge in [0.2, 0.25) is 0 Å². The Kier molecular flexibility index (Phi) is 3.56. The maximum atomic E-state index is 13.5. The van der Waals surface area contributed by atoms with Gasteiger partial charge in [0.15, 0.2) is 0 Å². The molecule has 1 aliphatic carbocycles. The van der Waals surface area contributed by atoms with Crippen molar-refractivity contribution in [2.24, 2.45) is 0 Å². The van der Waals surface area contributed by atoms with Crippen molar-refractivity contribution >= 4 is 10.9 Å². The predicted molar refractivity (Wildman–Crippen MR) is 105 cm³/mol. The van der Waals surface area contributed by atoms with E-state index in [4.69, 9.17) is 4.98 Å². The highest BCUT2D eigenvalue weighted by Crippen LogP contribution is 2.48. The van der Waals surface area contributed by atoms with Crippen LogP contribution in [0.1, 0.15) is 24.5 Å². The first kappa shape index (κ1) is 15.3. The van der Waals surface area contributed by atoms with E-state index in [1.807, 2.05) is 30.3 Å². The lowest BCUT2D eigenvalue weighted by atomic mass is 9.89. The molecule has 1 saturated carbocycles. The van der Waals surface area contributed by atoms with Crippen LogP contribution < -0.4 is 0 Å². The molecule has 126 valence electrons. The average molecular weight is 339 g/mol. The first-order valence-electron chi connectivity index (χ1n) is 9.05. The average Bonchev–Trinajstić information content (AvgIpc) is 3.53. The van der Waals surface area contributed by atoms with E-state index in [1.165, 1.54) is 41.8 Å². The van der Waals surface area contributed by atoms with Gasteiger partial charge in [-0.1, -0.05) is 60.7 Å². The minimum Gasteiger partial charge on any atom is -0.252 e. The van der Waals surface area contributed by atoms with Crippen LogP contribution in [0.5, 0.6) is 0 Å². The SMILES string of the molecule is Fc1ccc(-c2c(-c3ccccc3)c(C3CC3)nc3ccccc23)cc1. The summed E-state index contributed by atoms with van der Waals surface area (Å²) in [6, 6.07) is 25.5. The van der Waals surface area contributed by atoms with Crippen LogP contribution in [-0.4, -0.2) is 4.98 Å². The molecule has 3 aromatic carbocycles. The Morgan fingerprint density at radius 2 is 1.35 bits per heavy atom. The highest BCUT2D eigenvalue weighted by atomic mass is 19.1. The van der Waals surface area contributed by atoms with E-state index in [0.29, 0.717) is 5.92 Å². The fraction of sp³-hybridized carbons (Fsp3) is 0.125. The fourth-order valence-electron chi connectivity index (χ4n) is 3.70. The summed E-state index contributed by atoms with van der Waals surface area (Å²) in [5.41, 5.74) is 6.74. The van der Waals surface area contributed by atoms with Crippen LogP contribution in [0.15, 0.2) is 78.9 Å². The molecule has 1 aromatic heterocycles. The van der Waals surface area contributed by atoms with Crippen molar-refractivity contribution in [3.63, 3.8) is 0 Å². The number of nitrogens with zero attached hydrogens (tertiary/aromatic N) is 1. The summed E-state index contributed by atoms with van der Waals surface area (Å²) in [5.74, 6) is 0.310. The standard InChI is InChI=1S/C24H18FN/c25-19-14-12-17(13-15-19)22-20-8-4-5-9-21(20)26-24(18-10-11-18)23(22)16-6-2-1-3-7-16/h1-9,12-15,18H,10-11H2. The van der Waals surface area contributed by atoms with Gasteiger partial charge < -0.3 is 0 Å². The number of fused-ring (bicyclic) bond motifs is 1. The molecule has 0 radical (unpaired) electrons. The molecule has 1 fully saturated rings. The first-order chi connectivity index (χ1) is 12.8. The maximum absolute atomic E-state index is 13.5.